The van der Waals surface area contributed by atoms with Gasteiger partial charge < -0.3 is 14.8 Å². The molecule has 0 radical (unpaired) electrons. The maximum atomic E-state index is 12.8. The summed E-state index contributed by atoms with van der Waals surface area (Å²) in [4.78, 5) is 12.8. The molecule has 1 fully saturated rings. The van der Waals surface area contributed by atoms with Crippen LogP contribution in [0.2, 0.25) is 5.02 Å². The Morgan fingerprint density at radius 1 is 1.09 bits per heavy atom. The molecule has 0 unspecified atom stereocenters. The Morgan fingerprint density at radius 2 is 1.78 bits per heavy atom. The van der Waals surface area contributed by atoms with Gasteiger partial charge in [-0.15, -0.1) is 0 Å². The van der Waals surface area contributed by atoms with E-state index in [-0.39, 0.29) is 5.91 Å². The molecule has 2 aromatic carbocycles. The molecule has 0 aliphatic heterocycles. The van der Waals surface area contributed by atoms with Crippen LogP contribution in [-0.2, 0) is 10.2 Å². The van der Waals surface area contributed by atoms with Crippen molar-refractivity contribution in [2.75, 3.05) is 19.5 Å². The van der Waals surface area contributed by atoms with E-state index in [1.54, 1.807) is 32.4 Å². The summed E-state index contributed by atoms with van der Waals surface area (Å²) in [6, 6.07) is 12.8. The van der Waals surface area contributed by atoms with E-state index >= 15 is 0 Å². The van der Waals surface area contributed by atoms with E-state index in [1.807, 2.05) is 24.3 Å². The summed E-state index contributed by atoms with van der Waals surface area (Å²) in [6.45, 7) is 0. The number of methoxy groups -OCH3 is 2. The van der Waals surface area contributed by atoms with Crippen molar-refractivity contribution in [1.29, 1.82) is 0 Å². The number of halogens is 1. The molecular weight excluding hydrogens is 314 g/mol. The van der Waals surface area contributed by atoms with Crippen LogP contribution in [0.4, 0.5) is 5.69 Å². The maximum Gasteiger partial charge on any atom is 0.235 e. The first-order valence-corrected chi connectivity index (χ1v) is 7.77. The molecule has 120 valence electrons. The lowest BCUT2D eigenvalue weighted by Gasteiger charge is -2.18. The second-order valence-corrected chi connectivity index (χ2v) is 5.99. The lowest BCUT2D eigenvalue weighted by molar-refractivity contribution is -0.118. The van der Waals surface area contributed by atoms with Gasteiger partial charge in [0.1, 0.15) is 0 Å². The minimum absolute atomic E-state index is 0.0437. The molecule has 0 saturated heterocycles. The highest BCUT2D eigenvalue weighted by molar-refractivity contribution is 6.32. The number of hydrogen-bond donors (Lipinski definition) is 1. The summed E-state index contributed by atoms with van der Waals surface area (Å²) in [5.41, 5.74) is 1.04. The highest BCUT2D eigenvalue weighted by Gasteiger charge is 2.52. The number of benzene rings is 2. The van der Waals surface area contributed by atoms with Crippen molar-refractivity contribution >= 4 is 23.2 Å². The molecule has 0 bridgehead atoms. The lowest BCUT2D eigenvalue weighted by atomic mass is 9.95. The number of carbonyl (C=O) groups excluding carboxylic acids is 1. The van der Waals surface area contributed by atoms with Crippen LogP contribution in [0.5, 0.6) is 11.5 Å². The van der Waals surface area contributed by atoms with E-state index < -0.39 is 5.41 Å². The summed E-state index contributed by atoms with van der Waals surface area (Å²) in [7, 11) is 3.14. The van der Waals surface area contributed by atoms with Crippen molar-refractivity contribution in [2.45, 2.75) is 18.3 Å². The van der Waals surface area contributed by atoms with E-state index in [2.05, 4.69) is 5.32 Å². The summed E-state index contributed by atoms with van der Waals surface area (Å²) in [5, 5.41) is 3.60. The van der Waals surface area contributed by atoms with Crippen LogP contribution in [-0.4, -0.2) is 20.1 Å². The molecule has 1 amide bonds. The molecule has 23 heavy (non-hydrogen) atoms. The van der Waals surface area contributed by atoms with Crippen LogP contribution in [0.3, 0.4) is 0 Å². The van der Waals surface area contributed by atoms with E-state index in [0.717, 1.165) is 18.4 Å². The number of amides is 1. The van der Waals surface area contributed by atoms with Crippen LogP contribution in [0.25, 0.3) is 0 Å². The predicted octanol–water partition coefficient (Wildman–Crippen LogP) is 4.03. The minimum atomic E-state index is -0.522. The van der Waals surface area contributed by atoms with Crippen molar-refractivity contribution < 1.29 is 14.3 Å². The van der Waals surface area contributed by atoms with Gasteiger partial charge in [-0.2, -0.15) is 0 Å². The van der Waals surface area contributed by atoms with E-state index in [9.17, 15) is 4.79 Å². The number of nitrogens with one attached hydrogen (secondary N) is 1. The number of rotatable bonds is 5. The van der Waals surface area contributed by atoms with Crippen molar-refractivity contribution in [3.05, 3.63) is 53.1 Å². The number of carbonyl (C=O) groups is 1. The molecule has 1 N–H and O–H groups in total. The quantitative estimate of drug-likeness (QED) is 0.900. The Kier molecular flexibility index (Phi) is 4.18. The Labute approximate surface area is 140 Å². The maximum absolute atomic E-state index is 12.8. The minimum Gasteiger partial charge on any atom is -0.493 e. The fraction of sp³-hybridized carbons (Fsp3) is 0.278. The molecule has 5 heteroatoms. The van der Waals surface area contributed by atoms with Crippen molar-refractivity contribution in [2.24, 2.45) is 0 Å². The van der Waals surface area contributed by atoms with Crippen LogP contribution in [0.15, 0.2) is 42.5 Å². The van der Waals surface area contributed by atoms with Gasteiger partial charge in [0.05, 0.1) is 19.6 Å². The average molecular weight is 332 g/mol. The highest BCUT2D eigenvalue weighted by Crippen LogP contribution is 2.51. The molecule has 1 saturated carbocycles. The SMILES string of the molecule is COc1ccc(NC(=O)C2(c3ccccc3Cl)CC2)cc1OC. The van der Waals surface area contributed by atoms with E-state index in [0.29, 0.717) is 22.2 Å². The third-order valence-corrected chi connectivity index (χ3v) is 4.55. The van der Waals surface area contributed by atoms with Gasteiger partial charge in [-0.25, -0.2) is 0 Å². The van der Waals surface area contributed by atoms with Crippen molar-refractivity contribution in [3.63, 3.8) is 0 Å². The molecule has 0 heterocycles. The first-order valence-electron chi connectivity index (χ1n) is 7.39. The predicted molar refractivity (Wildman–Crippen MR) is 90.5 cm³/mol. The third-order valence-electron chi connectivity index (χ3n) is 4.22. The fourth-order valence-corrected chi connectivity index (χ4v) is 3.07. The second kappa shape index (κ2) is 6.13. The van der Waals surface area contributed by atoms with Gasteiger partial charge >= 0.3 is 0 Å². The Morgan fingerprint density at radius 3 is 2.39 bits per heavy atom. The van der Waals surface area contributed by atoms with Crippen molar-refractivity contribution in [3.8, 4) is 11.5 Å². The zero-order valence-electron chi connectivity index (χ0n) is 13.1. The first-order chi connectivity index (χ1) is 11.1. The summed E-state index contributed by atoms with van der Waals surface area (Å²) >= 11 is 6.27. The number of anilines is 1. The highest BCUT2D eigenvalue weighted by atomic mass is 35.5. The smallest absolute Gasteiger partial charge is 0.235 e. The van der Waals surface area contributed by atoms with Gasteiger partial charge in [-0.1, -0.05) is 29.8 Å². The molecule has 2 aromatic rings. The van der Waals surface area contributed by atoms with Crippen LogP contribution < -0.4 is 14.8 Å². The molecule has 0 aromatic heterocycles. The molecular formula is C18H18ClNO3. The van der Waals surface area contributed by atoms with Gasteiger partial charge in [0.25, 0.3) is 0 Å². The summed E-state index contributed by atoms with van der Waals surface area (Å²) < 4.78 is 10.5. The molecule has 0 atom stereocenters. The Balaban J connectivity index is 1.84. The van der Waals surface area contributed by atoms with Crippen molar-refractivity contribution in [1.82, 2.24) is 0 Å². The molecule has 1 aliphatic carbocycles. The standard InChI is InChI=1S/C18H18ClNO3/c1-22-15-8-7-12(11-16(15)23-2)20-17(21)18(9-10-18)13-5-3-4-6-14(13)19/h3-8,11H,9-10H2,1-2H3,(H,20,21). The van der Waals surface area contributed by atoms with Gasteiger partial charge in [0.15, 0.2) is 11.5 Å². The van der Waals surface area contributed by atoms with Gasteiger partial charge in [0.2, 0.25) is 5.91 Å². The van der Waals surface area contributed by atoms with Gasteiger partial charge in [-0.3, -0.25) is 4.79 Å². The van der Waals surface area contributed by atoms with Crippen LogP contribution >= 0.6 is 11.6 Å². The van der Waals surface area contributed by atoms with Gasteiger partial charge in [0, 0.05) is 16.8 Å². The Bertz CT molecular complexity index is 741. The van der Waals surface area contributed by atoms with Gasteiger partial charge in [-0.05, 0) is 36.6 Å². The molecule has 1 aliphatic rings. The summed E-state index contributed by atoms with van der Waals surface area (Å²) in [5.74, 6) is 1.16. The Hall–Kier alpha value is -2.20. The number of hydrogen-bond acceptors (Lipinski definition) is 3. The first kappa shape index (κ1) is 15.7. The van der Waals surface area contributed by atoms with E-state index in [1.165, 1.54) is 0 Å². The number of ether oxygens (including phenoxy) is 2. The largest absolute Gasteiger partial charge is 0.493 e. The fourth-order valence-electron chi connectivity index (χ4n) is 2.76. The molecule has 0 spiro atoms. The molecule has 3 rings (SSSR count). The third kappa shape index (κ3) is 2.86. The lowest BCUT2D eigenvalue weighted by Crippen LogP contribution is -2.28. The zero-order valence-corrected chi connectivity index (χ0v) is 13.8. The monoisotopic (exact) mass is 331 g/mol. The topological polar surface area (TPSA) is 47.6 Å². The average Bonchev–Trinajstić information content (AvgIpc) is 3.37. The second-order valence-electron chi connectivity index (χ2n) is 5.59. The zero-order chi connectivity index (χ0) is 16.4. The van der Waals surface area contributed by atoms with Crippen LogP contribution in [0, 0.1) is 0 Å². The normalized spacial score (nSPS) is 14.9. The molecule has 4 nitrogen and oxygen atoms in total. The summed E-state index contributed by atoms with van der Waals surface area (Å²) in [6.07, 6.45) is 1.60. The van der Waals surface area contributed by atoms with E-state index in [4.69, 9.17) is 21.1 Å². The van der Waals surface area contributed by atoms with Crippen LogP contribution in [0.1, 0.15) is 18.4 Å².